The number of benzene rings is 5. The summed E-state index contributed by atoms with van der Waals surface area (Å²) < 4.78 is 5.48. The number of ether oxygens (including phenoxy) is 1. The number of carbonyl (C=O) groups excluding carboxylic acids is 8. The standard InChI is InChI=1S/C46H35N3O9/c1-25-10-13-31(20-39(25)48-24-52)37(21-50)45(56)41(32-14-16-38(47-23-51)27(3)17-32)42(53)28(4)30-12-9-26(2)40(19-30)49-46(57)58-22-29-11-15-35-36(18-29)44(55)34-8-6-5-7-33(34)43(35)54/h5-21,28,37,41H,22H2,1-4H3,(H,49,57). The van der Waals surface area contributed by atoms with Gasteiger partial charge in [0.25, 0.3) is 0 Å². The molecule has 0 radical (unpaired) electrons. The Kier molecular flexibility index (Phi) is 11.8. The van der Waals surface area contributed by atoms with Gasteiger partial charge in [-0.15, -0.1) is 0 Å². The maximum Gasteiger partial charge on any atom is 0.411 e. The van der Waals surface area contributed by atoms with Gasteiger partial charge in [-0.25, -0.2) is 14.4 Å². The van der Waals surface area contributed by atoms with E-state index < -0.39 is 35.4 Å². The summed E-state index contributed by atoms with van der Waals surface area (Å²) >= 11 is 0. The molecule has 1 amide bonds. The van der Waals surface area contributed by atoms with E-state index in [1.165, 1.54) is 36.4 Å². The summed E-state index contributed by atoms with van der Waals surface area (Å²) in [5.74, 6) is -5.67. The maximum atomic E-state index is 14.5. The first-order valence-corrected chi connectivity index (χ1v) is 18.1. The number of rotatable bonds is 13. The van der Waals surface area contributed by atoms with Gasteiger partial charge >= 0.3 is 6.09 Å². The molecule has 1 aliphatic carbocycles. The Morgan fingerprint density at radius 3 is 1.97 bits per heavy atom. The van der Waals surface area contributed by atoms with E-state index >= 15 is 0 Å². The summed E-state index contributed by atoms with van der Waals surface area (Å²) in [6.45, 7) is 6.49. The number of hydrogen-bond donors (Lipinski definition) is 1. The number of nitrogens with zero attached hydrogens (tertiary/aromatic N) is 2. The smallest absolute Gasteiger partial charge is 0.411 e. The third-order valence-electron chi connectivity index (χ3n) is 10.3. The van der Waals surface area contributed by atoms with Crippen LogP contribution in [0.3, 0.4) is 0 Å². The van der Waals surface area contributed by atoms with Gasteiger partial charge in [-0.05, 0) is 90.0 Å². The van der Waals surface area contributed by atoms with E-state index in [1.807, 2.05) is 0 Å². The predicted octanol–water partition coefficient (Wildman–Crippen LogP) is 8.08. The van der Waals surface area contributed by atoms with Crippen molar-refractivity contribution in [1.82, 2.24) is 0 Å². The lowest BCUT2D eigenvalue weighted by atomic mass is 9.77. The highest BCUT2D eigenvalue weighted by Crippen LogP contribution is 2.36. The molecule has 1 N–H and O–H groups in total. The molecule has 5 aromatic carbocycles. The monoisotopic (exact) mass is 773 g/mol. The molecule has 0 aromatic heterocycles. The van der Waals surface area contributed by atoms with E-state index in [1.54, 1.807) is 100 Å². The number of aryl methyl sites for hydroxylation is 3. The van der Waals surface area contributed by atoms with Crippen LogP contribution in [-0.4, -0.2) is 47.7 Å². The van der Waals surface area contributed by atoms with Crippen LogP contribution in [0.1, 0.15) is 95.5 Å². The zero-order chi connectivity index (χ0) is 41.7. The van der Waals surface area contributed by atoms with E-state index in [0.29, 0.717) is 50.9 Å². The second-order valence-corrected chi connectivity index (χ2v) is 13.9. The van der Waals surface area contributed by atoms with E-state index in [-0.39, 0.29) is 51.8 Å². The molecule has 3 atom stereocenters. The van der Waals surface area contributed by atoms with Gasteiger partial charge in [0.15, 0.2) is 23.1 Å². The van der Waals surface area contributed by atoms with Gasteiger partial charge in [0.1, 0.15) is 18.8 Å². The zero-order valence-electron chi connectivity index (χ0n) is 31.8. The Morgan fingerprint density at radius 2 is 1.29 bits per heavy atom. The van der Waals surface area contributed by atoms with Gasteiger partial charge in [-0.2, -0.15) is 9.98 Å². The van der Waals surface area contributed by atoms with Crippen LogP contribution in [-0.2, 0) is 35.3 Å². The molecule has 3 unspecified atom stereocenters. The Hall–Kier alpha value is -7.52. The highest BCUT2D eigenvalue weighted by molar-refractivity contribution is 6.28. The lowest BCUT2D eigenvalue weighted by molar-refractivity contribution is -0.131. The molecule has 0 saturated carbocycles. The highest BCUT2D eigenvalue weighted by Gasteiger charge is 2.38. The van der Waals surface area contributed by atoms with Crippen molar-refractivity contribution < 1.29 is 43.1 Å². The van der Waals surface area contributed by atoms with Crippen LogP contribution in [0.15, 0.2) is 107 Å². The number of aliphatic imine (C=N–C) groups is 2. The number of carbonyl (C=O) groups is 6. The lowest BCUT2D eigenvalue weighted by Crippen LogP contribution is -2.31. The maximum absolute atomic E-state index is 14.5. The molecule has 12 nitrogen and oxygen atoms in total. The molecule has 0 bridgehead atoms. The van der Waals surface area contributed by atoms with Crippen molar-refractivity contribution >= 4 is 64.7 Å². The Labute approximate surface area is 332 Å². The largest absolute Gasteiger partial charge is 0.444 e. The van der Waals surface area contributed by atoms with Crippen molar-refractivity contribution in [2.24, 2.45) is 9.98 Å². The second kappa shape index (κ2) is 17.1. The minimum Gasteiger partial charge on any atom is -0.444 e. The van der Waals surface area contributed by atoms with Gasteiger partial charge < -0.3 is 9.53 Å². The number of amides is 1. The van der Waals surface area contributed by atoms with E-state index in [9.17, 15) is 38.4 Å². The fraction of sp³-hybridized carbons (Fsp3) is 0.174. The number of anilines is 1. The number of isocyanates is 2. The van der Waals surface area contributed by atoms with Crippen LogP contribution < -0.4 is 5.32 Å². The minimum atomic E-state index is -1.47. The fourth-order valence-corrected chi connectivity index (χ4v) is 6.97. The Balaban J connectivity index is 1.24. The molecule has 6 rings (SSSR count). The van der Waals surface area contributed by atoms with Crippen molar-refractivity contribution in [3.63, 3.8) is 0 Å². The molecule has 288 valence electrons. The quantitative estimate of drug-likeness (QED) is 0.0525. The highest BCUT2D eigenvalue weighted by atomic mass is 16.5. The van der Waals surface area contributed by atoms with Crippen molar-refractivity contribution in [3.8, 4) is 0 Å². The molecule has 0 saturated heterocycles. The van der Waals surface area contributed by atoms with Crippen LogP contribution in [0.25, 0.3) is 0 Å². The Bertz CT molecular complexity index is 2650. The topological polar surface area (TPSA) is 183 Å². The number of hydrogen-bond acceptors (Lipinski definition) is 11. The van der Waals surface area contributed by atoms with Crippen molar-refractivity contribution in [1.29, 1.82) is 0 Å². The number of ketones is 4. The molecule has 12 heteroatoms. The molecule has 0 aliphatic heterocycles. The van der Waals surface area contributed by atoms with Crippen molar-refractivity contribution in [2.75, 3.05) is 5.32 Å². The lowest BCUT2D eigenvalue weighted by Gasteiger charge is -2.24. The normalized spacial score (nSPS) is 13.0. The molecular formula is C46H35N3O9. The summed E-state index contributed by atoms with van der Waals surface area (Å²) in [7, 11) is 0. The summed E-state index contributed by atoms with van der Waals surface area (Å²) in [5, 5.41) is 2.70. The molecular weight excluding hydrogens is 739 g/mol. The summed E-state index contributed by atoms with van der Waals surface area (Å²) in [5.41, 5.74) is 5.13. The average Bonchev–Trinajstić information content (AvgIpc) is 3.22. The molecule has 0 heterocycles. The SMILES string of the molecule is Cc1cc(C(C(=O)C(C)c2ccc(C)c(NC(=O)OCc3ccc4c(c3)C(=O)c3ccccc3C4=O)c2)C(=O)C(C=O)c2ccc(C)c(N=C=O)c2)ccc1N=C=O. The average molecular weight is 774 g/mol. The van der Waals surface area contributed by atoms with E-state index in [4.69, 9.17) is 4.74 Å². The first-order valence-electron chi connectivity index (χ1n) is 18.1. The Morgan fingerprint density at radius 1 is 0.672 bits per heavy atom. The third kappa shape index (κ3) is 8.06. The molecule has 0 spiro atoms. The number of nitrogens with one attached hydrogen (secondary N) is 1. The third-order valence-corrected chi connectivity index (χ3v) is 10.3. The zero-order valence-corrected chi connectivity index (χ0v) is 31.8. The molecule has 0 fully saturated rings. The van der Waals surface area contributed by atoms with Gasteiger partial charge in [0.2, 0.25) is 12.2 Å². The van der Waals surface area contributed by atoms with E-state index in [2.05, 4.69) is 15.3 Å². The minimum absolute atomic E-state index is 0.210. The number of Topliss-reactive ketones (excluding diaryl/α,β-unsaturated/α-hetero) is 2. The van der Waals surface area contributed by atoms with Crippen LogP contribution in [0, 0.1) is 20.8 Å². The van der Waals surface area contributed by atoms with Gasteiger partial charge in [0.05, 0.1) is 17.3 Å². The first kappa shape index (κ1) is 40.2. The first-order chi connectivity index (χ1) is 27.9. The van der Waals surface area contributed by atoms with Crippen molar-refractivity contribution in [3.05, 3.63) is 158 Å². The van der Waals surface area contributed by atoms with Crippen LogP contribution >= 0.6 is 0 Å². The number of fused-ring (bicyclic) bond motifs is 2. The van der Waals surface area contributed by atoms with Crippen molar-refractivity contribution in [2.45, 2.75) is 52.1 Å². The fourth-order valence-electron chi connectivity index (χ4n) is 6.97. The van der Waals surface area contributed by atoms with Gasteiger partial charge in [-0.3, -0.25) is 24.5 Å². The van der Waals surface area contributed by atoms with Gasteiger partial charge in [0, 0.05) is 33.9 Å². The molecule has 5 aromatic rings. The summed E-state index contributed by atoms with van der Waals surface area (Å²) in [4.78, 5) is 110. The predicted molar refractivity (Wildman–Crippen MR) is 213 cm³/mol. The van der Waals surface area contributed by atoms with Gasteiger partial charge in [-0.1, -0.05) is 73.7 Å². The molecule has 1 aliphatic rings. The van der Waals surface area contributed by atoms with E-state index in [0.717, 1.165) is 0 Å². The second-order valence-electron chi connectivity index (χ2n) is 13.9. The van der Waals surface area contributed by atoms with Crippen LogP contribution in [0.2, 0.25) is 0 Å². The van der Waals surface area contributed by atoms with Crippen LogP contribution in [0.5, 0.6) is 0 Å². The van der Waals surface area contributed by atoms with Crippen LogP contribution in [0.4, 0.5) is 21.9 Å². The molecule has 58 heavy (non-hydrogen) atoms. The number of aldehydes is 1. The summed E-state index contributed by atoms with van der Waals surface area (Å²) in [6, 6.07) is 25.3. The summed E-state index contributed by atoms with van der Waals surface area (Å²) in [6.07, 6.45) is 2.56.